The van der Waals surface area contributed by atoms with Crippen LogP contribution in [0.15, 0.2) is 128 Å². The summed E-state index contributed by atoms with van der Waals surface area (Å²) in [5.74, 6) is -2.89. The summed E-state index contributed by atoms with van der Waals surface area (Å²) in [4.78, 5) is 8.98. The maximum atomic E-state index is 16.8. The fourth-order valence-corrected chi connectivity index (χ4v) is 6.16. The first-order valence-corrected chi connectivity index (χ1v) is 15.4. The lowest BCUT2D eigenvalue weighted by Gasteiger charge is -2.20. The Morgan fingerprint density at radius 2 is 1.46 bits per heavy atom. The molecule has 1 aliphatic heterocycles. The Kier molecular flexibility index (Phi) is 5.15. The summed E-state index contributed by atoms with van der Waals surface area (Å²) < 4.78 is 96.0. The molecule has 0 bridgehead atoms. The van der Waals surface area contributed by atoms with Gasteiger partial charge in [-0.1, -0.05) is 74.8 Å². The zero-order chi connectivity index (χ0) is 39.2. The largest absolute Gasteiger partial charge is 0.503 e. The van der Waals surface area contributed by atoms with Crippen LogP contribution in [0.4, 0.5) is 31.5 Å². The van der Waals surface area contributed by atoms with Gasteiger partial charge >= 0.3 is 6.01 Å². The Morgan fingerprint density at radius 1 is 0.729 bits per heavy atom. The molecule has 4 heterocycles. The zero-order valence-electron chi connectivity index (χ0n) is 33.3. The number of alkyl halides is 2. The van der Waals surface area contributed by atoms with Crippen LogP contribution in [0.1, 0.15) is 52.6 Å². The molecule has 0 atom stereocenters. The van der Waals surface area contributed by atoms with Gasteiger partial charge in [0.2, 0.25) is 11.4 Å². The Labute approximate surface area is 287 Å². The van der Waals surface area contributed by atoms with Gasteiger partial charge in [-0.15, -0.1) is 0 Å². The monoisotopic (exact) mass is 640 g/mol. The number of fused-ring (bicyclic) bond motifs is 4. The first-order chi connectivity index (χ1) is 26.0. The molecule has 1 aliphatic rings. The summed E-state index contributed by atoms with van der Waals surface area (Å²) in [6.45, 7) is 3.41. The third-order valence-corrected chi connectivity index (χ3v) is 8.64. The number of nitrogens with zero attached hydrogens (tertiary/aromatic N) is 5. The zero-order valence-corrected chi connectivity index (χ0v) is 26.3. The lowest BCUT2D eigenvalue weighted by molar-refractivity contribution is 0.0430. The van der Waals surface area contributed by atoms with Crippen molar-refractivity contribution >= 4 is 50.6 Å². The van der Waals surface area contributed by atoms with Crippen LogP contribution < -0.4 is 9.15 Å². The highest BCUT2D eigenvalue weighted by Crippen LogP contribution is 2.42. The third-order valence-electron chi connectivity index (χ3n) is 8.64. The molecule has 0 aliphatic carbocycles. The molecule has 48 heavy (non-hydrogen) atoms. The van der Waals surface area contributed by atoms with Crippen LogP contribution in [0.3, 0.4) is 0 Å². The summed E-state index contributed by atoms with van der Waals surface area (Å²) in [7, 11) is 0. The number of para-hydroxylation sites is 2. The maximum Gasteiger partial charge on any atom is 0.503 e. The molecule has 0 saturated carbocycles. The van der Waals surface area contributed by atoms with E-state index in [0.29, 0.717) is 28.4 Å². The van der Waals surface area contributed by atoms with Crippen LogP contribution in [0, 0.1) is 6.85 Å². The lowest BCUT2D eigenvalue weighted by atomic mass is 9.88. The van der Waals surface area contributed by atoms with E-state index in [0.717, 1.165) is 21.9 Å². The molecule has 5 nitrogen and oxygen atoms in total. The highest BCUT2D eigenvalue weighted by Gasteiger charge is 2.39. The summed E-state index contributed by atoms with van der Waals surface area (Å²) in [6, 6.07) is 23.5. The molecule has 8 rings (SSSR count). The molecule has 0 spiro atoms. The van der Waals surface area contributed by atoms with Crippen LogP contribution in [0.5, 0.6) is 0 Å². The number of rotatable bonds is 5. The smallest absolute Gasteiger partial charge is 0.292 e. The van der Waals surface area contributed by atoms with Crippen molar-refractivity contribution < 1.29 is 18.4 Å². The highest BCUT2D eigenvalue weighted by molar-refractivity contribution is 6.09. The van der Waals surface area contributed by atoms with E-state index in [-0.39, 0.29) is 22.2 Å². The van der Waals surface area contributed by atoms with Crippen molar-refractivity contribution in [2.24, 2.45) is 0 Å². The molecule has 3 aromatic heterocycles. The number of hydrogen-bond donors (Lipinski definition) is 0. The minimum atomic E-state index is -3.47. The van der Waals surface area contributed by atoms with Gasteiger partial charge in [-0.25, -0.2) is 4.98 Å². The standard InChI is InChI=1S/C41H33F2N5/c1-27-12-15-31(16-13-27)46-26-47(36-11-6-5-10-35(36)46)32-9-7-8-29(22-32)41(42,43)30-14-17-33-34-19-20-44-25-38(34)48(37(33)23-30)39-24-28(18-21-45-39)40(2,3)4/h5-25H,1-4H3/q+2/i1D3,12D,13D,15D,16D. The molecule has 234 valence electrons. The summed E-state index contributed by atoms with van der Waals surface area (Å²) in [5.41, 5.74) is 1.87. The number of aromatic nitrogens is 3. The van der Waals surface area contributed by atoms with Crippen LogP contribution in [0.2, 0.25) is 0 Å². The lowest BCUT2D eigenvalue weighted by Crippen LogP contribution is -2.16. The van der Waals surface area contributed by atoms with E-state index in [2.05, 4.69) is 36.7 Å². The minimum Gasteiger partial charge on any atom is -0.292 e. The number of pyridine rings is 2. The van der Waals surface area contributed by atoms with E-state index < -0.39 is 42.5 Å². The minimum absolute atomic E-state index is 0.175. The molecule has 0 radical (unpaired) electrons. The average molecular weight is 641 g/mol. The normalized spacial score (nSPS) is 15.5. The van der Waals surface area contributed by atoms with Crippen LogP contribution in [0.25, 0.3) is 27.6 Å². The van der Waals surface area contributed by atoms with Crippen molar-refractivity contribution in [2.75, 3.05) is 0 Å². The fourth-order valence-electron chi connectivity index (χ4n) is 6.16. The molecular weight excluding hydrogens is 600 g/mol. The van der Waals surface area contributed by atoms with E-state index in [1.165, 1.54) is 39.5 Å². The molecule has 0 N–H and O–H groups in total. The molecule has 0 saturated heterocycles. The van der Waals surface area contributed by atoms with Crippen molar-refractivity contribution in [3.8, 4) is 5.82 Å². The second kappa shape index (κ2) is 10.9. The van der Waals surface area contributed by atoms with Crippen molar-refractivity contribution in [1.29, 1.82) is 0 Å². The molecule has 7 aromatic rings. The number of halogens is 2. The molecular formula is C41H33F2N5+2. The van der Waals surface area contributed by atoms with Crippen molar-refractivity contribution in [3.05, 3.63) is 150 Å². The van der Waals surface area contributed by atoms with E-state index >= 15 is 8.78 Å². The summed E-state index contributed by atoms with van der Waals surface area (Å²) >= 11 is 0. The SMILES string of the molecule is [2H]c1c([2H])c(C([2H])([2H])[2H])c([2H])c([2H])c1[N+]1=C=[N+](c2cccc(C(F)(F)c3ccc4c5ccncc5n(-c5cc(C(C)(C)C)ccn5)c4c3)c2)c2ccccc21. The quantitative estimate of drug-likeness (QED) is 0.176. The van der Waals surface area contributed by atoms with Crippen molar-refractivity contribution in [1.82, 2.24) is 23.7 Å². The Hall–Kier alpha value is -5.78. The predicted molar refractivity (Wildman–Crippen MR) is 190 cm³/mol. The third kappa shape index (κ3) is 4.83. The van der Waals surface area contributed by atoms with Crippen LogP contribution in [-0.4, -0.2) is 20.5 Å². The van der Waals surface area contributed by atoms with Crippen LogP contribution >= 0.6 is 0 Å². The maximum absolute atomic E-state index is 16.8. The van der Waals surface area contributed by atoms with Gasteiger partial charge < -0.3 is 0 Å². The van der Waals surface area contributed by atoms with Gasteiger partial charge in [-0.05, 0) is 51.2 Å². The van der Waals surface area contributed by atoms with Gasteiger partial charge in [0.1, 0.15) is 5.82 Å². The topological polar surface area (TPSA) is 36.7 Å². The van der Waals surface area contributed by atoms with Gasteiger partial charge in [0.15, 0.2) is 0 Å². The summed E-state index contributed by atoms with van der Waals surface area (Å²) in [5, 5.41) is 1.62. The Balaban J connectivity index is 1.28. The van der Waals surface area contributed by atoms with Crippen molar-refractivity contribution in [3.63, 3.8) is 0 Å². The van der Waals surface area contributed by atoms with Crippen molar-refractivity contribution in [2.45, 2.75) is 39.0 Å². The number of benzene rings is 4. The van der Waals surface area contributed by atoms with E-state index in [9.17, 15) is 0 Å². The van der Waals surface area contributed by atoms with Gasteiger partial charge in [0, 0.05) is 74.8 Å². The predicted octanol–water partition coefficient (Wildman–Crippen LogP) is 10.2. The number of hydrogen-bond acceptors (Lipinski definition) is 2. The summed E-state index contributed by atoms with van der Waals surface area (Å²) in [6.07, 6.45) is 5.10. The molecule has 0 fully saturated rings. The molecule has 0 unspecified atom stereocenters. The first kappa shape index (κ1) is 22.7. The molecule has 4 aromatic carbocycles. The van der Waals surface area contributed by atoms with E-state index in [1.807, 2.05) is 22.8 Å². The van der Waals surface area contributed by atoms with Crippen LogP contribution in [-0.2, 0) is 11.3 Å². The van der Waals surface area contributed by atoms with Gasteiger partial charge in [-0.2, -0.15) is 8.78 Å². The Morgan fingerprint density at radius 3 is 2.21 bits per heavy atom. The van der Waals surface area contributed by atoms with E-state index in [4.69, 9.17) is 9.60 Å². The average Bonchev–Trinajstić information content (AvgIpc) is 3.69. The van der Waals surface area contributed by atoms with Gasteiger partial charge in [0.25, 0.3) is 17.3 Å². The molecule has 7 heteroatoms. The van der Waals surface area contributed by atoms with Gasteiger partial charge in [0.05, 0.1) is 22.7 Å². The second-order valence-corrected chi connectivity index (χ2v) is 12.7. The van der Waals surface area contributed by atoms with Gasteiger partial charge in [-0.3, -0.25) is 9.55 Å². The van der Waals surface area contributed by atoms with E-state index in [1.54, 1.807) is 55.0 Å². The fraction of sp³-hybridized carbons (Fsp3) is 0.146. The Bertz CT molecular complexity index is 2780. The first-order valence-electron chi connectivity index (χ1n) is 18.9. The second-order valence-electron chi connectivity index (χ2n) is 12.7. The molecule has 0 amide bonds. The highest BCUT2D eigenvalue weighted by atomic mass is 19.3.